The summed E-state index contributed by atoms with van der Waals surface area (Å²) in [6, 6.07) is 3.81. The zero-order chi connectivity index (χ0) is 16.9. The number of nitrogens with zero attached hydrogens (tertiary/aromatic N) is 4. The molecule has 2 aromatic heterocycles. The molecule has 1 fully saturated rings. The standard InChI is InChI=1S/C16H23N5O2S/c1-19(2)13(14-4-3-10-23-14)12-18-15(22)20-6-8-21(9-7-20)16-17-5-11-24-16/h3-5,10-11,13H,6-9,12H2,1-2H3,(H,18,22)/t13-/m0/s1. The summed E-state index contributed by atoms with van der Waals surface area (Å²) in [6.07, 6.45) is 3.47. The molecule has 0 bridgehead atoms. The predicted molar refractivity (Wildman–Crippen MR) is 94.4 cm³/mol. The molecule has 8 heteroatoms. The third-order valence-corrected chi connectivity index (χ3v) is 5.03. The Labute approximate surface area is 145 Å². The number of furan rings is 1. The molecule has 7 nitrogen and oxygen atoms in total. The van der Waals surface area contributed by atoms with Gasteiger partial charge in [-0.2, -0.15) is 0 Å². The third kappa shape index (κ3) is 3.88. The maximum atomic E-state index is 12.4. The highest BCUT2D eigenvalue weighted by Gasteiger charge is 2.24. The van der Waals surface area contributed by atoms with Gasteiger partial charge >= 0.3 is 6.03 Å². The second-order valence-electron chi connectivity index (χ2n) is 5.97. The van der Waals surface area contributed by atoms with Crippen LogP contribution in [0.25, 0.3) is 0 Å². The van der Waals surface area contributed by atoms with E-state index in [4.69, 9.17) is 4.42 Å². The van der Waals surface area contributed by atoms with Gasteiger partial charge in [-0.3, -0.25) is 4.90 Å². The molecule has 1 aliphatic heterocycles. The summed E-state index contributed by atoms with van der Waals surface area (Å²) >= 11 is 1.63. The molecule has 130 valence electrons. The van der Waals surface area contributed by atoms with E-state index in [1.807, 2.05) is 47.6 Å². The van der Waals surface area contributed by atoms with Crippen LogP contribution in [0, 0.1) is 0 Å². The number of carbonyl (C=O) groups excluding carboxylic acids is 1. The summed E-state index contributed by atoms with van der Waals surface area (Å²) in [4.78, 5) is 22.9. The number of thiazole rings is 1. The molecule has 1 saturated heterocycles. The van der Waals surface area contributed by atoms with Crippen LogP contribution in [0.4, 0.5) is 9.93 Å². The van der Waals surface area contributed by atoms with E-state index in [0.29, 0.717) is 19.6 Å². The van der Waals surface area contributed by atoms with Gasteiger partial charge in [-0.25, -0.2) is 9.78 Å². The Morgan fingerprint density at radius 1 is 1.42 bits per heavy atom. The molecule has 1 N–H and O–H groups in total. The van der Waals surface area contributed by atoms with Gasteiger partial charge in [0, 0.05) is 44.3 Å². The van der Waals surface area contributed by atoms with Crippen molar-refractivity contribution in [2.75, 3.05) is 51.7 Å². The Morgan fingerprint density at radius 2 is 2.21 bits per heavy atom. The molecule has 0 radical (unpaired) electrons. The number of amides is 2. The lowest BCUT2D eigenvalue weighted by molar-refractivity contribution is 0.186. The maximum absolute atomic E-state index is 12.4. The van der Waals surface area contributed by atoms with Crippen LogP contribution >= 0.6 is 11.3 Å². The van der Waals surface area contributed by atoms with E-state index in [1.54, 1.807) is 17.6 Å². The van der Waals surface area contributed by atoms with Gasteiger partial charge in [-0.1, -0.05) is 0 Å². The van der Waals surface area contributed by atoms with Crippen LogP contribution in [-0.2, 0) is 0 Å². The first-order chi connectivity index (χ1) is 11.6. The van der Waals surface area contributed by atoms with Crippen molar-refractivity contribution in [3.63, 3.8) is 0 Å². The van der Waals surface area contributed by atoms with Crippen LogP contribution in [0.1, 0.15) is 11.8 Å². The van der Waals surface area contributed by atoms with E-state index < -0.39 is 0 Å². The first-order valence-corrected chi connectivity index (χ1v) is 8.90. The van der Waals surface area contributed by atoms with Crippen molar-refractivity contribution in [1.82, 2.24) is 20.1 Å². The summed E-state index contributed by atoms with van der Waals surface area (Å²) in [7, 11) is 3.96. The van der Waals surface area contributed by atoms with Gasteiger partial charge in [-0.05, 0) is 26.2 Å². The molecule has 1 atom stereocenters. The van der Waals surface area contributed by atoms with E-state index in [-0.39, 0.29) is 12.1 Å². The van der Waals surface area contributed by atoms with Crippen LogP contribution < -0.4 is 10.2 Å². The fourth-order valence-electron chi connectivity index (χ4n) is 2.79. The number of hydrogen-bond donors (Lipinski definition) is 1. The van der Waals surface area contributed by atoms with Gasteiger partial charge < -0.3 is 19.5 Å². The number of anilines is 1. The number of likely N-dealkylation sites (N-methyl/N-ethyl adjacent to an activating group) is 1. The SMILES string of the molecule is CN(C)[C@@H](CNC(=O)N1CCN(c2nccs2)CC1)c1ccco1. The highest BCUT2D eigenvalue weighted by Crippen LogP contribution is 2.20. The van der Waals surface area contributed by atoms with E-state index in [9.17, 15) is 4.79 Å². The summed E-state index contributed by atoms with van der Waals surface area (Å²) in [6.45, 7) is 3.57. The number of piperazine rings is 1. The minimum Gasteiger partial charge on any atom is -0.468 e. The molecule has 0 unspecified atom stereocenters. The molecule has 0 spiro atoms. The van der Waals surface area contributed by atoms with E-state index >= 15 is 0 Å². The molecule has 1 aliphatic rings. The smallest absolute Gasteiger partial charge is 0.317 e. The monoisotopic (exact) mass is 349 g/mol. The van der Waals surface area contributed by atoms with Crippen molar-refractivity contribution in [3.05, 3.63) is 35.7 Å². The zero-order valence-electron chi connectivity index (χ0n) is 14.0. The van der Waals surface area contributed by atoms with Crippen molar-refractivity contribution < 1.29 is 9.21 Å². The number of hydrogen-bond acceptors (Lipinski definition) is 6. The number of aromatic nitrogens is 1. The van der Waals surface area contributed by atoms with Crippen LogP contribution in [0.5, 0.6) is 0 Å². The van der Waals surface area contributed by atoms with Crippen molar-refractivity contribution in [2.24, 2.45) is 0 Å². The van der Waals surface area contributed by atoms with E-state index in [0.717, 1.165) is 24.0 Å². The number of nitrogens with one attached hydrogen (secondary N) is 1. The van der Waals surface area contributed by atoms with Gasteiger partial charge in [0.05, 0.1) is 12.3 Å². The molecule has 0 aliphatic carbocycles. The molecule has 3 heterocycles. The first kappa shape index (κ1) is 16.8. The number of urea groups is 1. The van der Waals surface area contributed by atoms with Crippen molar-refractivity contribution >= 4 is 22.5 Å². The van der Waals surface area contributed by atoms with Crippen molar-refractivity contribution in [3.8, 4) is 0 Å². The molecule has 2 amide bonds. The Morgan fingerprint density at radius 3 is 2.79 bits per heavy atom. The maximum Gasteiger partial charge on any atom is 0.317 e. The van der Waals surface area contributed by atoms with Crippen LogP contribution in [0.2, 0.25) is 0 Å². The average molecular weight is 349 g/mol. The van der Waals surface area contributed by atoms with E-state index in [2.05, 4.69) is 15.2 Å². The topological polar surface area (TPSA) is 64.9 Å². The quantitative estimate of drug-likeness (QED) is 0.893. The van der Waals surface area contributed by atoms with E-state index in [1.165, 1.54) is 0 Å². The molecule has 24 heavy (non-hydrogen) atoms. The number of rotatable bonds is 5. The number of carbonyl (C=O) groups is 1. The molecule has 3 rings (SSSR count). The fourth-order valence-corrected chi connectivity index (χ4v) is 3.48. The predicted octanol–water partition coefficient (Wildman–Crippen LogP) is 1.87. The van der Waals surface area contributed by atoms with Gasteiger partial charge in [0.2, 0.25) is 0 Å². The van der Waals surface area contributed by atoms with Crippen LogP contribution in [-0.4, -0.2) is 67.6 Å². The summed E-state index contributed by atoms with van der Waals surface area (Å²) in [5, 5.41) is 6.03. The third-order valence-electron chi connectivity index (χ3n) is 4.20. The Hall–Kier alpha value is -2.06. The van der Waals surface area contributed by atoms with Gasteiger partial charge in [0.25, 0.3) is 0 Å². The lowest BCUT2D eigenvalue weighted by Crippen LogP contribution is -2.52. The normalized spacial score (nSPS) is 16.5. The molecular weight excluding hydrogens is 326 g/mol. The Balaban J connectivity index is 1.49. The Kier molecular flexibility index (Phi) is 5.37. The second-order valence-corrected chi connectivity index (χ2v) is 6.84. The van der Waals surface area contributed by atoms with Gasteiger partial charge in [0.1, 0.15) is 5.76 Å². The van der Waals surface area contributed by atoms with Crippen LogP contribution in [0.15, 0.2) is 34.4 Å². The lowest BCUT2D eigenvalue weighted by Gasteiger charge is -2.35. The van der Waals surface area contributed by atoms with Crippen molar-refractivity contribution in [2.45, 2.75) is 6.04 Å². The Bertz CT molecular complexity index is 621. The van der Waals surface area contributed by atoms with Gasteiger partial charge in [0.15, 0.2) is 5.13 Å². The summed E-state index contributed by atoms with van der Waals surface area (Å²) in [5.41, 5.74) is 0. The fraction of sp³-hybridized carbons (Fsp3) is 0.500. The minimum absolute atomic E-state index is 0.0211. The largest absolute Gasteiger partial charge is 0.468 e. The summed E-state index contributed by atoms with van der Waals surface area (Å²) < 4.78 is 5.47. The molecule has 2 aromatic rings. The summed E-state index contributed by atoms with van der Waals surface area (Å²) in [5.74, 6) is 0.855. The zero-order valence-corrected chi connectivity index (χ0v) is 14.8. The lowest BCUT2D eigenvalue weighted by atomic mass is 10.2. The first-order valence-electron chi connectivity index (χ1n) is 8.02. The highest BCUT2D eigenvalue weighted by atomic mass is 32.1. The van der Waals surface area contributed by atoms with Gasteiger partial charge in [-0.15, -0.1) is 11.3 Å². The second kappa shape index (κ2) is 7.67. The minimum atomic E-state index is -0.0211. The average Bonchev–Trinajstić information content (AvgIpc) is 3.28. The molecule has 0 saturated carbocycles. The molecular formula is C16H23N5O2S. The van der Waals surface area contributed by atoms with Crippen molar-refractivity contribution in [1.29, 1.82) is 0 Å². The highest BCUT2D eigenvalue weighted by molar-refractivity contribution is 7.13. The molecule has 0 aromatic carbocycles. The van der Waals surface area contributed by atoms with Crippen LogP contribution in [0.3, 0.4) is 0 Å².